The molecule has 1 aromatic rings. The molecule has 0 unspecified atom stereocenters. The van der Waals surface area contributed by atoms with Gasteiger partial charge in [0.25, 0.3) is 0 Å². The van der Waals surface area contributed by atoms with Crippen LogP contribution in [0.1, 0.15) is 50.5 Å². The lowest BCUT2D eigenvalue weighted by Gasteiger charge is -2.34. The molecule has 2 fully saturated rings. The highest BCUT2D eigenvalue weighted by atomic mass is 19.1. The number of rotatable bonds is 5. The van der Waals surface area contributed by atoms with Gasteiger partial charge in [0.2, 0.25) is 11.8 Å². The predicted octanol–water partition coefficient (Wildman–Crippen LogP) is 3.30. The quantitative estimate of drug-likeness (QED) is 0.876. The first-order valence-corrected chi connectivity index (χ1v) is 9.95. The Bertz CT molecular complexity index is 620. The monoisotopic (exact) mass is 360 g/mol. The van der Waals surface area contributed by atoms with Crippen LogP contribution in [0, 0.1) is 17.7 Å². The number of hydrogen-bond acceptors (Lipinski definition) is 2. The third-order valence-corrected chi connectivity index (χ3v) is 5.78. The average molecular weight is 360 g/mol. The molecule has 0 aromatic heterocycles. The Kier molecular flexibility index (Phi) is 6.64. The fourth-order valence-electron chi connectivity index (χ4n) is 4.14. The Morgan fingerprint density at radius 2 is 1.69 bits per heavy atom. The molecule has 1 aliphatic carbocycles. The van der Waals surface area contributed by atoms with Crippen LogP contribution in [0.15, 0.2) is 24.3 Å². The minimum atomic E-state index is -0.226. The van der Waals surface area contributed by atoms with Crippen LogP contribution in [0.3, 0.4) is 0 Å². The first-order chi connectivity index (χ1) is 12.6. The molecule has 1 saturated carbocycles. The van der Waals surface area contributed by atoms with Crippen molar-refractivity contribution in [2.45, 2.75) is 51.4 Å². The van der Waals surface area contributed by atoms with Gasteiger partial charge in [-0.25, -0.2) is 4.39 Å². The molecule has 142 valence electrons. The lowest BCUT2D eigenvalue weighted by molar-refractivity contribution is -0.140. The van der Waals surface area contributed by atoms with Gasteiger partial charge in [-0.2, -0.15) is 0 Å². The van der Waals surface area contributed by atoms with Crippen LogP contribution in [0.2, 0.25) is 0 Å². The molecule has 0 bridgehead atoms. The lowest BCUT2D eigenvalue weighted by Crippen LogP contribution is -2.45. The van der Waals surface area contributed by atoms with Crippen LogP contribution in [0.25, 0.3) is 0 Å². The molecule has 26 heavy (non-hydrogen) atoms. The van der Waals surface area contributed by atoms with E-state index in [2.05, 4.69) is 5.32 Å². The van der Waals surface area contributed by atoms with Gasteiger partial charge < -0.3 is 10.2 Å². The Labute approximate surface area is 155 Å². The topological polar surface area (TPSA) is 49.4 Å². The molecule has 3 rings (SSSR count). The van der Waals surface area contributed by atoms with Gasteiger partial charge in [-0.1, -0.05) is 37.5 Å². The van der Waals surface area contributed by atoms with E-state index in [1.54, 1.807) is 18.2 Å². The van der Waals surface area contributed by atoms with Gasteiger partial charge in [0.1, 0.15) is 5.82 Å². The second-order valence-electron chi connectivity index (χ2n) is 7.57. The van der Waals surface area contributed by atoms with E-state index in [1.807, 2.05) is 4.90 Å². The molecule has 1 aliphatic heterocycles. The van der Waals surface area contributed by atoms with Gasteiger partial charge >= 0.3 is 0 Å². The fraction of sp³-hybridized carbons (Fsp3) is 0.619. The SMILES string of the molecule is O=C(NCCc1ccccc1F)C1CCN(C(=O)C2CCCCC2)CC1. The molecule has 1 saturated heterocycles. The number of amides is 2. The molecule has 1 heterocycles. The van der Waals surface area contributed by atoms with Crippen LogP contribution in [-0.2, 0) is 16.0 Å². The molecule has 1 N–H and O–H groups in total. The number of carbonyl (C=O) groups is 2. The minimum absolute atomic E-state index is 0.0334. The zero-order chi connectivity index (χ0) is 18.4. The van der Waals surface area contributed by atoms with Gasteiger partial charge in [-0.15, -0.1) is 0 Å². The van der Waals surface area contributed by atoms with Gasteiger partial charge in [0.15, 0.2) is 0 Å². The number of halogens is 1. The number of piperidine rings is 1. The van der Waals surface area contributed by atoms with Crippen LogP contribution in [0.4, 0.5) is 4.39 Å². The maximum absolute atomic E-state index is 13.6. The molecule has 0 radical (unpaired) electrons. The summed E-state index contributed by atoms with van der Waals surface area (Å²) < 4.78 is 13.6. The first kappa shape index (κ1) is 18.9. The van der Waals surface area contributed by atoms with Crippen LogP contribution in [-0.4, -0.2) is 36.3 Å². The Hall–Kier alpha value is -1.91. The summed E-state index contributed by atoms with van der Waals surface area (Å²) in [4.78, 5) is 26.9. The second kappa shape index (κ2) is 9.15. The molecule has 1 aromatic carbocycles. The molecule has 4 nitrogen and oxygen atoms in total. The van der Waals surface area contributed by atoms with Crippen molar-refractivity contribution in [1.82, 2.24) is 10.2 Å². The highest BCUT2D eigenvalue weighted by Crippen LogP contribution is 2.27. The number of nitrogens with one attached hydrogen (secondary N) is 1. The summed E-state index contributed by atoms with van der Waals surface area (Å²) in [5.41, 5.74) is 0.626. The first-order valence-electron chi connectivity index (χ1n) is 9.95. The highest BCUT2D eigenvalue weighted by molar-refractivity contribution is 5.81. The normalized spacial score (nSPS) is 19.3. The summed E-state index contributed by atoms with van der Waals surface area (Å²) in [5, 5.41) is 2.93. The summed E-state index contributed by atoms with van der Waals surface area (Å²) in [7, 11) is 0. The fourth-order valence-corrected chi connectivity index (χ4v) is 4.14. The average Bonchev–Trinajstić information content (AvgIpc) is 2.69. The summed E-state index contributed by atoms with van der Waals surface area (Å²) in [6.07, 6.45) is 7.57. The number of nitrogens with zero attached hydrogens (tertiary/aromatic N) is 1. The number of hydrogen-bond donors (Lipinski definition) is 1. The molecular weight excluding hydrogens is 331 g/mol. The van der Waals surface area contributed by atoms with E-state index in [4.69, 9.17) is 0 Å². The zero-order valence-corrected chi connectivity index (χ0v) is 15.4. The highest BCUT2D eigenvalue weighted by Gasteiger charge is 2.31. The lowest BCUT2D eigenvalue weighted by atomic mass is 9.87. The third-order valence-electron chi connectivity index (χ3n) is 5.78. The van der Waals surface area contributed by atoms with E-state index < -0.39 is 0 Å². The Balaban J connectivity index is 1.39. The number of carbonyl (C=O) groups excluding carboxylic acids is 2. The van der Waals surface area contributed by atoms with E-state index in [-0.39, 0.29) is 23.6 Å². The third kappa shape index (κ3) is 4.83. The molecule has 0 atom stereocenters. The minimum Gasteiger partial charge on any atom is -0.356 e. The van der Waals surface area contributed by atoms with Crippen molar-refractivity contribution in [3.05, 3.63) is 35.6 Å². The summed E-state index contributed by atoms with van der Waals surface area (Å²) in [6, 6.07) is 6.66. The van der Waals surface area contributed by atoms with E-state index in [1.165, 1.54) is 12.5 Å². The van der Waals surface area contributed by atoms with Crippen molar-refractivity contribution in [3.8, 4) is 0 Å². The van der Waals surface area contributed by atoms with E-state index >= 15 is 0 Å². The van der Waals surface area contributed by atoms with Crippen molar-refractivity contribution < 1.29 is 14.0 Å². The van der Waals surface area contributed by atoms with E-state index in [0.29, 0.717) is 37.5 Å². The summed E-state index contributed by atoms with van der Waals surface area (Å²) in [5.74, 6) is 0.270. The predicted molar refractivity (Wildman–Crippen MR) is 99.0 cm³/mol. The maximum Gasteiger partial charge on any atom is 0.225 e. The summed E-state index contributed by atoms with van der Waals surface area (Å²) >= 11 is 0. The van der Waals surface area contributed by atoms with Crippen molar-refractivity contribution in [3.63, 3.8) is 0 Å². The number of benzene rings is 1. The molecule has 2 amide bonds. The van der Waals surface area contributed by atoms with Crippen molar-refractivity contribution in [2.75, 3.05) is 19.6 Å². The molecule has 2 aliphatic rings. The second-order valence-corrected chi connectivity index (χ2v) is 7.57. The van der Waals surface area contributed by atoms with Gasteiger partial charge in [-0.3, -0.25) is 9.59 Å². The van der Waals surface area contributed by atoms with Crippen molar-refractivity contribution >= 4 is 11.8 Å². The standard InChI is InChI=1S/C21H29FN2O2/c22-19-9-5-4-6-16(19)10-13-23-20(25)17-11-14-24(15-12-17)21(26)18-7-2-1-3-8-18/h4-6,9,17-18H,1-3,7-8,10-15H2,(H,23,25). The van der Waals surface area contributed by atoms with Gasteiger partial charge in [0, 0.05) is 31.5 Å². The van der Waals surface area contributed by atoms with Crippen LogP contribution >= 0.6 is 0 Å². The van der Waals surface area contributed by atoms with Crippen LogP contribution < -0.4 is 5.32 Å². The largest absolute Gasteiger partial charge is 0.356 e. The Morgan fingerprint density at radius 1 is 1.00 bits per heavy atom. The maximum atomic E-state index is 13.6. The molecule has 5 heteroatoms. The summed E-state index contributed by atoms with van der Waals surface area (Å²) in [6.45, 7) is 1.81. The van der Waals surface area contributed by atoms with Crippen LogP contribution in [0.5, 0.6) is 0 Å². The van der Waals surface area contributed by atoms with Gasteiger partial charge in [-0.05, 0) is 43.7 Å². The van der Waals surface area contributed by atoms with Gasteiger partial charge in [0.05, 0.1) is 0 Å². The van der Waals surface area contributed by atoms with Crippen molar-refractivity contribution in [2.24, 2.45) is 11.8 Å². The number of likely N-dealkylation sites (tertiary alicyclic amines) is 1. The Morgan fingerprint density at radius 3 is 2.38 bits per heavy atom. The van der Waals surface area contributed by atoms with Crippen molar-refractivity contribution in [1.29, 1.82) is 0 Å². The molecular formula is C21H29FN2O2. The van der Waals surface area contributed by atoms with E-state index in [0.717, 1.165) is 38.5 Å². The molecule has 0 spiro atoms. The smallest absolute Gasteiger partial charge is 0.225 e. The van der Waals surface area contributed by atoms with E-state index in [9.17, 15) is 14.0 Å². The zero-order valence-electron chi connectivity index (χ0n) is 15.4.